The lowest BCUT2D eigenvalue weighted by molar-refractivity contribution is 0.178. The fourth-order valence-electron chi connectivity index (χ4n) is 3.78. The average molecular weight is 291 g/mol. The van der Waals surface area contributed by atoms with Crippen molar-refractivity contribution in [1.82, 2.24) is 0 Å². The van der Waals surface area contributed by atoms with E-state index in [-0.39, 0.29) is 6.61 Å². The molecular weight excluding hydrogens is 262 g/mol. The van der Waals surface area contributed by atoms with E-state index in [9.17, 15) is 5.11 Å². The Morgan fingerprint density at radius 2 is 2.10 bits per heavy atom. The van der Waals surface area contributed by atoms with Crippen LogP contribution in [-0.4, -0.2) is 17.8 Å². The van der Waals surface area contributed by atoms with Crippen LogP contribution < -0.4 is 10.1 Å². The molecule has 21 heavy (non-hydrogen) atoms. The molecule has 2 N–H and O–H groups in total. The van der Waals surface area contributed by atoms with Crippen LogP contribution in [0.15, 0.2) is 18.2 Å². The van der Waals surface area contributed by atoms with Gasteiger partial charge in [-0.2, -0.15) is 0 Å². The van der Waals surface area contributed by atoms with E-state index in [0.717, 1.165) is 22.9 Å². The van der Waals surface area contributed by atoms with Gasteiger partial charge in [-0.05, 0) is 55.7 Å². The molecule has 0 aliphatic heterocycles. The van der Waals surface area contributed by atoms with Gasteiger partial charge in [-0.25, -0.2) is 0 Å². The molecule has 0 heterocycles. The van der Waals surface area contributed by atoms with Crippen molar-refractivity contribution in [3.8, 4) is 5.75 Å². The Morgan fingerprint density at radius 1 is 1.33 bits per heavy atom. The largest absolute Gasteiger partial charge is 0.494 e. The molecular formula is C18H29NO2. The number of aliphatic hydroxyl groups is 1. The summed E-state index contributed by atoms with van der Waals surface area (Å²) in [7, 11) is 0. The number of aliphatic hydroxyl groups excluding tert-OH is 1. The van der Waals surface area contributed by atoms with Gasteiger partial charge in [0.2, 0.25) is 0 Å². The van der Waals surface area contributed by atoms with Gasteiger partial charge in [-0.15, -0.1) is 0 Å². The monoisotopic (exact) mass is 291 g/mol. The van der Waals surface area contributed by atoms with Crippen LogP contribution >= 0.6 is 0 Å². The smallest absolute Gasteiger partial charge is 0.124 e. The van der Waals surface area contributed by atoms with Crippen LogP contribution in [0.2, 0.25) is 0 Å². The molecule has 0 saturated heterocycles. The first-order valence-electron chi connectivity index (χ1n) is 8.06. The Balaban J connectivity index is 2.08. The summed E-state index contributed by atoms with van der Waals surface area (Å²) in [6.07, 6.45) is 3.71. The molecule has 2 unspecified atom stereocenters. The summed E-state index contributed by atoms with van der Waals surface area (Å²) < 4.78 is 5.54. The Morgan fingerprint density at radius 3 is 2.71 bits per heavy atom. The van der Waals surface area contributed by atoms with Gasteiger partial charge in [0.05, 0.1) is 13.2 Å². The van der Waals surface area contributed by atoms with Crippen molar-refractivity contribution in [2.45, 2.75) is 59.6 Å². The van der Waals surface area contributed by atoms with E-state index in [1.807, 2.05) is 19.1 Å². The summed E-state index contributed by atoms with van der Waals surface area (Å²) in [6.45, 7) is 9.64. The van der Waals surface area contributed by atoms with Gasteiger partial charge in [0.15, 0.2) is 0 Å². The van der Waals surface area contributed by atoms with Crippen LogP contribution in [0.5, 0.6) is 5.75 Å². The highest BCUT2D eigenvalue weighted by Gasteiger charge is 2.31. The van der Waals surface area contributed by atoms with Crippen LogP contribution in [0, 0.1) is 11.3 Å². The van der Waals surface area contributed by atoms with Crippen LogP contribution in [0.1, 0.15) is 52.5 Å². The fraction of sp³-hybridized carbons (Fsp3) is 0.667. The highest BCUT2D eigenvalue weighted by molar-refractivity contribution is 5.51. The fourth-order valence-corrected chi connectivity index (χ4v) is 3.78. The zero-order chi connectivity index (χ0) is 15.5. The Labute approximate surface area is 128 Å². The minimum atomic E-state index is 0.0113. The molecule has 0 bridgehead atoms. The van der Waals surface area contributed by atoms with Crippen molar-refractivity contribution in [3.05, 3.63) is 23.8 Å². The molecule has 118 valence electrons. The second kappa shape index (κ2) is 6.69. The molecule has 1 saturated carbocycles. The van der Waals surface area contributed by atoms with Gasteiger partial charge >= 0.3 is 0 Å². The predicted molar refractivity (Wildman–Crippen MR) is 87.7 cm³/mol. The lowest BCUT2D eigenvalue weighted by Crippen LogP contribution is -2.35. The SMILES string of the molecule is CCOc1ccc(NC2CC(C)CC(C)(C)C2)cc1CO. The molecule has 3 heteroatoms. The Kier molecular flexibility index (Phi) is 5.15. The lowest BCUT2D eigenvalue weighted by Gasteiger charge is -2.39. The van der Waals surface area contributed by atoms with Crippen LogP contribution in [-0.2, 0) is 6.61 Å². The van der Waals surface area contributed by atoms with Crippen molar-refractivity contribution in [2.75, 3.05) is 11.9 Å². The van der Waals surface area contributed by atoms with E-state index in [1.54, 1.807) is 0 Å². The maximum atomic E-state index is 9.49. The van der Waals surface area contributed by atoms with E-state index >= 15 is 0 Å². The standard InChI is InChI=1S/C18H29NO2/c1-5-21-17-7-6-15(9-14(17)12-20)19-16-8-13(2)10-18(3,4)11-16/h6-7,9,13,16,19-20H,5,8,10-12H2,1-4H3. The Bertz CT molecular complexity index is 470. The molecule has 0 amide bonds. The highest BCUT2D eigenvalue weighted by atomic mass is 16.5. The molecule has 1 fully saturated rings. The molecule has 1 aromatic carbocycles. The number of nitrogens with one attached hydrogen (secondary N) is 1. The predicted octanol–water partition coefficient (Wildman–Crippen LogP) is 4.20. The van der Waals surface area contributed by atoms with Crippen molar-refractivity contribution in [2.24, 2.45) is 11.3 Å². The van der Waals surface area contributed by atoms with Gasteiger partial charge in [-0.1, -0.05) is 20.8 Å². The number of anilines is 1. The average Bonchev–Trinajstić information content (AvgIpc) is 2.38. The maximum absolute atomic E-state index is 9.49. The number of hydrogen-bond acceptors (Lipinski definition) is 3. The molecule has 1 aromatic rings. The Hall–Kier alpha value is -1.22. The minimum Gasteiger partial charge on any atom is -0.494 e. The van der Waals surface area contributed by atoms with E-state index in [1.165, 1.54) is 19.3 Å². The van der Waals surface area contributed by atoms with E-state index in [0.29, 0.717) is 18.1 Å². The number of rotatable bonds is 5. The van der Waals surface area contributed by atoms with Gasteiger partial charge in [0, 0.05) is 17.3 Å². The third-order valence-corrected chi connectivity index (χ3v) is 4.29. The summed E-state index contributed by atoms with van der Waals surface area (Å²) in [4.78, 5) is 0. The van der Waals surface area contributed by atoms with Crippen molar-refractivity contribution in [3.63, 3.8) is 0 Å². The zero-order valence-corrected chi connectivity index (χ0v) is 13.8. The number of benzene rings is 1. The quantitative estimate of drug-likeness (QED) is 0.854. The van der Waals surface area contributed by atoms with Crippen molar-refractivity contribution < 1.29 is 9.84 Å². The summed E-state index contributed by atoms with van der Waals surface area (Å²) in [6, 6.07) is 6.52. The summed E-state index contributed by atoms with van der Waals surface area (Å²) in [5, 5.41) is 13.1. The number of ether oxygens (including phenoxy) is 1. The van der Waals surface area contributed by atoms with Crippen molar-refractivity contribution in [1.29, 1.82) is 0 Å². The van der Waals surface area contributed by atoms with Crippen molar-refractivity contribution >= 4 is 5.69 Å². The van der Waals surface area contributed by atoms with Crippen LogP contribution in [0.3, 0.4) is 0 Å². The normalized spacial score (nSPS) is 24.6. The number of hydrogen-bond donors (Lipinski definition) is 2. The molecule has 2 atom stereocenters. The first-order chi connectivity index (χ1) is 9.93. The molecule has 0 radical (unpaired) electrons. The van der Waals surface area contributed by atoms with E-state index in [2.05, 4.69) is 32.2 Å². The zero-order valence-electron chi connectivity index (χ0n) is 13.8. The van der Waals surface area contributed by atoms with E-state index in [4.69, 9.17) is 4.74 Å². The minimum absolute atomic E-state index is 0.0113. The van der Waals surface area contributed by atoms with Crippen LogP contribution in [0.4, 0.5) is 5.69 Å². The second-order valence-corrected chi connectivity index (χ2v) is 7.17. The molecule has 2 rings (SSSR count). The van der Waals surface area contributed by atoms with Gasteiger partial charge < -0.3 is 15.2 Å². The molecule has 0 spiro atoms. The first-order valence-corrected chi connectivity index (χ1v) is 8.06. The third kappa shape index (κ3) is 4.37. The first kappa shape index (κ1) is 16.2. The molecule has 0 aromatic heterocycles. The molecule has 1 aliphatic rings. The van der Waals surface area contributed by atoms with E-state index < -0.39 is 0 Å². The van der Waals surface area contributed by atoms with Crippen LogP contribution in [0.25, 0.3) is 0 Å². The highest BCUT2D eigenvalue weighted by Crippen LogP contribution is 2.39. The molecule has 1 aliphatic carbocycles. The second-order valence-electron chi connectivity index (χ2n) is 7.17. The maximum Gasteiger partial charge on any atom is 0.124 e. The van der Waals surface area contributed by atoms with Gasteiger partial charge in [0.25, 0.3) is 0 Å². The third-order valence-electron chi connectivity index (χ3n) is 4.29. The topological polar surface area (TPSA) is 41.5 Å². The summed E-state index contributed by atoms with van der Waals surface area (Å²) in [5.41, 5.74) is 2.34. The summed E-state index contributed by atoms with van der Waals surface area (Å²) >= 11 is 0. The molecule has 3 nitrogen and oxygen atoms in total. The summed E-state index contributed by atoms with van der Waals surface area (Å²) in [5.74, 6) is 1.54. The van der Waals surface area contributed by atoms with Gasteiger partial charge in [0.1, 0.15) is 5.75 Å². The van der Waals surface area contributed by atoms with Gasteiger partial charge in [-0.3, -0.25) is 0 Å². The lowest BCUT2D eigenvalue weighted by atomic mass is 9.70.